The lowest BCUT2D eigenvalue weighted by Crippen LogP contribution is -2.23. The van der Waals surface area contributed by atoms with Crippen molar-refractivity contribution in [3.63, 3.8) is 0 Å². The molecule has 27 heavy (non-hydrogen) atoms. The molecule has 2 rings (SSSR count). The van der Waals surface area contributed by atoms with Gasteiger partial charge in [-0.3, -0.25) is 9.59 Å². The van der Waals surface area contributed by atoms with Crippen LogP contribution in [0.4, 0.5) is 13.2 Å². The summed E-state index contributed by atoms with van der Waals surface area (Å²) in [7, 11) is 0. The van der Waals surface area contributed by atoms with E-state index in [1.165, 1.54) is 24.3 Å². The van der Waals surface area contributed by atoms with E-state index in [0.717, 1.165) is 11.1 Å². The number of phenolic OH excluding ortho intramolecular Hbond substituents is 1. The van der Waals surface area contributed by atoms with Gasteiger partial charge in [0.15, 0.2) is 12.9 Å². The van der Waals surface area contributed by atoms with Crippen LogP contribution in [0.2, 0.25) is 0 Å². The molecule has 0 saturated carbocycles. The summed E-state index contributed by atoms with van der Waals surface area (Å²) in [5.74, 6) is -0.227. The highest BCUT2D eigenvalue weighted by molar-refractivity contribution is 5.79. The van der Waals surface area contributed by atoms with E-state index in [2.05, 4.69) is 10.1 Å². The number of carbonyl (C=O) groups is 2. The molecule has 0 unspecified atom stereocenters. The first-order valence-electron chi connectivity index (χ1n) is 8.09. The van der Waals surface area contributed by atoms with Crippen LogP contribution in [0.3, 0.4) is 0 Å². The van der Waals surface area contributed by atoms with E-state index >= 15 is 0 Å². The Kier molecular flexibility index (Phi) is 6.81. The average Bonchev–Trinajstić information content (AvgIpc) is 2.64. The minimum atomic E-state index is -4.39. The molecular weight excluding hydrogens is 363 g/mol. The Morgan fingerprint density at radius 2 is 1.78 bits per heavy atom. The first-order valence-corrected chi connectivity index (χ1v) is 8.09. The maximum absolute atomic E-state index is 12.1. The fraction of sp³-hybridized carbons (Fsp3) is 0.263. The van der Waals surface area contributed by atoms with E-state index < -0.39 is 12.8 Å². The van der Waals surface area contributed by atoms with Crippen molar-refractivity contribution in [3.05, 3.63) is 59.2 Å². The van der Waals surface area contributed by atoms with E-state index in [-0.39, 0.29) is 35.9 Å². The van der Waals surface area contributed by atoms with Crippen molar-refractivity contribution < 1.29 is 32.6 Å². The number of rotatable bonds is 8. The Bertz CT molecular complexity index is 789. The van der Waals surface area contributed by atoms with Gasteiger partial charge >= 0.3 is 6.18 Å². The first kappa shape index (κ1) is 20.3. The van der Waals surface area contributed by atoms with Crippen molar-refractivity contribution in [1.29, 1.82) is 0 Å². The second-order valence-corrected chi connectivity index (χ2v) is 5.84. The van der Waals surface area contributed by atoms with Gasteiger partial charge in [0.25, 0.3) is 0 Å². The third-order valence-corrected chi connectivity index (χ3v) is 3.68. The molecular formula is C19H18F3NO4. The van der Waals surface area contributed by atoms with Crippen LogP contribution in [-0.2, 0) is 17.8 Å². The van der Waals surface area contributed by atoms with Gasteiger partial charge in [-0.15, -0.1) is 0 Å². The summed E-state index contributed by atoms with van der Waals surface area (Å²) >= 11 is 0. The topological polar surface area (TPSA) is 75.6 Å². The van der Waals surface area contributed by atoms with Crippen molar-refractivity contribution in [3.8, 4) is 11.5 Å². The van der Waals surface area contributed by atoms with Crippen LogP contribution in [-0.4, -0.2) is 30.1 Å². The van der Waals surface area contributed by atoms with Crippen LogP contribution >= 0.6 is 0 Å². The molecule has 0 saturated heterocycles. The number of halogens is 3. The standard InChI is InChI=1S/C19H18F3NO4/c20-19(21,22)12-27-16-5-1-14(2-6-16)10-23-18(26)8-4-13-3-7-17(25)15(9-13)11-24/h1-3,5-7,9,11,25H,4,8,10,12H2,(H,23,26). The van der Waals surface area contributed by atoms with Crippen molar-refractivity contribution in [1.82, 2.24) is 5.32 Å². The molecule has 2 aromatic rings. The molecule has 2 N–H and O–H groups in total. The Morgan fingerprint density at radius 3 is 2.41 bits per heavy atom. The molecule has 0 bridgehead atoms. The monoisotopic (exact) mass is 381 g/mol. The zero-order valence-electron chi connectivity index (χ0n) is 14.3. The van der Waals surface area contributed by atoms with Gasteiger partial charge in [-0.2, -0.15) is 13.2 Å². The third-order valence-electron chi connectivity index (χ3n) is 3.68. The van der Waals surface area contributed by atoms with E-state index in [1.54, 1.807) is 18.2 Å². The summed E-state index contributed by atoms with van der Waals surface area (Å²) in [6, 6.07) is 10.5. The lowest BCUT2D eigenvalue weighted by atomic mass is 10.1. The molecule has 0 spiro atoms. The maximum Gasteiger partial charge on any atom is 0.422 e. The van der Waals surface area contributed by atoms with Crippen molar-refractivity contribution >= 4 is 12.2 Å². The number of nitrogens with one attached hydrogen (secondary N) is 1. The lowest BCUT2D eigenvalue weighted by molar-refractivity contribution is -0.153. The summed E-state index contributed by atoms with van der Waals surface area (Å²) < 4.78 is 40.9. The van der Waals surface area contributed by atoms with Crippen LogP contribution in [0.25, 0.3) is 0 Å². The molecule has 5 nitrogen and oxygen atoms in total. The van der Waals surface area contributed by atoms with E-state index in [1.807, 2.05) is 0 Å². The van der Waals surface area contributed by atoms with E-state index in [0.29, 0.717) is 12.7 Å². The second-order valence-electron chi connectivity index (χ2n) is 5.84. The van der Waals surface area contributed by atoms with Gasteiger partial charge in [0.05, 0.1) is 5.56 Å². The normalized spacial score (nSPS) is 11.1. The van der Waals surface area contributed by atoms with Crippen molar-refractivity contribution in [2.45, 2.75) is 25.6 Å². The Balaban J connectivity index is 1.77. The molecule has 0 aliphatic carbocycles. The predicted molar refractivity (Wildman–Crippen MR) is 91.7 cm³/mol. The van der Waals surface area contributed by atoms with Crippen LogP contribution in [0.1, 0.15) is 27.9 Å². The Morgan fingerprint density at radius 1 is 1.11 bits per heavy atom. The first-order chi connectivity index (χ1) is 12.8. The van der Waals surface area contributed by atoms with Gasteiger partial charge in [0.2, 0.25) is 5.91 Å². The number of aromatic hydroxyl groups is 1. The molecule has 144 valence electrons. The highest BCUT2D eigenvalue weighted by Crippen LogP contribution is 2.19. The summed E-state index contributed by atoms with van der Waals surface area (Å²) in [5.41, 5.74) is 1.63. The zero-order valence-corrected chi connectivity index (χ0v) is 14.3. The molecule has 0 aliphatic rings. The van der Waals surface area contributed by atoms with Gasteiger partial charge < -0.3 is 15.2 Å². The summed E-state index contributed by atoms with van der Waals surface area (Å²) in [6.45, 7) is -1.13. The highest BCUT2D eigenvalue weighted by atomic mass is 19.4. The smallest absolute Gasteiger partial charge is 0.422 e. The number of hydrogen-bond donors (Lipinski definition) is 2. The van der Waals surface area contributed by atoms with Crippen molar-refractivity contribution in [2.75, 3.05) is 6.61 Å². The van der Waals surface area contributed by atoms with Gasteiger partial charge in [-0.05, 0) is 41.8 Å². The zero-order chi connectivity index (χ0) is 19.9. The summed E-state index contributed by atoms with van der Waals surface area (Å²) in [4.78, 5) is 22.7. The number of hydrogen-bond acceptors (Lipinski definition) is 4. The molecule has 0 radical (unpaired) electrons. The van der Waals surface area contributed by atoms with Gasteiger partial charge in [0.1, 0.15) is 11.5 Å². The number of phenols is 1. The summed E-state index contributed by atoms with van der Waals surface area (Å²) in [6.07, 6.45) is -3.26. The average molecular weight is 381 g/mol. The molecule has 0 heterocycles. The molecule has 0 atom stereocenters. The van der Waals surface area contributed by atoms with E-state index in [9.17, 15) is 27.9 Å². The Labute approximate surface area is 153 Å². The number of amides is 1. The number of alkyl halides is 3. The quantitative estimate of drug-likeness (QED) is 0.688. The number of ether oxygens (including phenoxy) is 1. The molecule has 2 aromatic carbocycles. The Hall–Kier alpha value is -3.03. The lowest BCUT2D eigenvalue weighted by Gasteiger charge is -2.10. The minimum absolute atomic E-state index is 0.0979. The van der Waals surface area contributed by atoms with E-state index in [4.69, 9.17) is 0 Å². The maximum atomic E-state index is 12.1. The number of aldehydes is 1. The highest BCUT2D eigenvalue weighted by Gasteiger charge is 2.28. The predicted octanol–water partition coefficient (Wildman–Crippen LogP) is 3.39. The second kappa shape index (κ2) is 9.07. The molecule has 8 heteroatoms. The van der Waals surface area contributed by atoms with Crippen LogP contribution in [0, 0.1) is 0 Å². The fourth-order valence-corrected chi connectivity index (χ4v) is 2.27. The molecule has 0 aliphatic heterocycles. The number of carbonyl (C=O) groups excluding carboxylic acids is 2. The largest absolute Gasteiger partial charge is 0.507 e. The third kappa shape index (κ3) is 7.01. The molecule has 0 fully saturated rings. The van der Waals surface area contributed by atoms with Crippen LogP contribution in [0.5, 0.6) is 11.5 Å². The van der Waals surface area contributed by atoms with Crippen LogP contribution in [0.15, 0.2) is 42.5 Å². The number of aryl methyl sites for hydroxylation is 1. The number of benzene rings is 2. The van der Waals surface area contributed by atoms with Gasteiger partial charge in [0, 0.05) is 13.0 Å². The van der Waals surface area contributed by atoms with Crippen LogP contribution < -0.4 is 10.1 Å². The van der Waals surface area contributed by atoms with Crippen molar-refractivity contribution in [2.24, 2.45) is 0 Å². The fourth-order valence-electron chi connectivity index (χ4n) is 2.27. The SMILES string of the molecule is O=Cc1cc(CCC(=O)NCc2ccc(OCC(F)(F)F)cc2)ccc1O. The molecule has 1 amide bonds. The van der Waals surface area contributed by atoms with Gasteiger partial charge in [-0.25, -0.2) is 0 Å². The summed E-state index contributed by atoms with van der Waals surface area (Å²) in [5, 5.41) is 12.1. The molecule has 0 aromatic heterocycles. The minimum Gasteiger partial charge on any atom is -0.507 e. The van der Waals surface area contributed by atoms with Gasteiger partial charge in [-0.1, -0.05) is 18.2 Å².